The molecule has 1 spiro atoms. The van der Waals surface area contributed by atoms with Crippen molar-refractivity contribution in [2.45, 2.75) is 44.2 Å². The average molecular weight is 649 g/mol. The van der Waals surface area contributed by atoms with Gasteiger partial charge in [0.05, 0.1) is 34.1 Å². The molecule has 0 radical (unpaired) electrons. The molecule has 1 amide bonds. The Morgan fingerprint density at radius 1 is 1.13 bits per heavy atom. The van der Waals surface area contributed by atoms with Crippen LogP contribution in [0.15, 0.2) is 60.9 Å². The zero-order valence-corrected chi connectivity index (χ0v) is 27.2. The number of hydrogen-bond acceptors (Lipinski definition) is 8. The van der Waals surface area contributed by atoms with Gasteiger partial charge >= 0.3 is 10.2 Å². The van der Waals surface area contributed by atoms with Gasteiger partial charge in [-0.2, -0.15) is 12.7 Å². The highest BCUT2D eigenvalue weighted by molar-refractivity contribution is 7.90. The molecular weight excluding hydrogens is 611 g/mol. The van der Waals surface area contributed by atoms with Crippen LogP contribution < -0.4 is 24.4 Å². The first kappa shape index (κ1) is 31.6. The van der Waals surface area contributed by atoms with Crippen molar-refractivity contribution in [2.75, 3.05) is 43.9 Å². The Bertz CT molecular complexity index is 1910. The van der Waals surface area contributed by atoms with E-state index in [9.17, 15) is 17.6 Å². The van der Waals surface area contributed by atoms with Crippen molar-refractivity contribution in [3.8, 4) is 22.8 Å². The number of anilines is 2. The van der Waals surface area contributed by atoms with Gasteiger partial charge in [-0.15, -0.1) is 0 Å². The van der Waals surface area contributed by atoms with Gasteiger partial charge in [0.25, 0.3) is 0 Å². The smallest absolute Gasteiger partial charge is 0.301 e. The molecule has 2 aromatic carbocycles. The van der Waals surface area contributed by atoms with Gasteiger partial charge in [0.1, 0.15) is 24.3 Å². The average Bonchev–Trinajstić information content (AvgIpc) is 3.22. The summed E-state index contributed by atoms with van der Waals surface area (Å²) in [5.41, 5.74) is 2.48. The molecule has 3 heterocycles. The Kier molecular flexibility index (Phi) is 8.34. The van der Waals surface area contributed by atoms with Crippen molar-refractivity contribution in [1.82, 2.24) is 19.6 Å². The fraction of sp³-hybridized carbons (Fsp3) is 0.364. The minimum atomic E-state index is -3.88. The Morgan fingerprint density at radius 2 is 1.91 bits per heavy atom. The number of benzene rings is 2. The molecule has 13 heteroatoms. The number of fused-ring (bicyclic) bond motifs is 4. The second-order valence-corrected chi connectivity index (χ2v) is 14.0. The summed E-state index contributed by atoms with van der Waals surface area (Å²) in [6.07, 6.45) is 3.62. The zero-order chi connectivity index (χ0) is 32.8. The number of halogens is 1. The molecule has 0 saturated heterocycles. The summed E-state index contributed by atoms with van der Waals surface area (Å²) >= 11 is 0. The normalized spacial score (nSPS) is 19.2. The molecular formula is C33H37FN6O5S. The van der Waals surface area contributed by atoms with E-state index in [0.29, 0.717) is 65.6 Å². The lowest BCUT2D eigenvalue weighted by atomic mass is 9.62. The molecule has 0 unspecified atom stereocenters. The van der Waals surface area contributed by atoms with Crippen molar-refractivity contribution in [2.24, 2.45) is 0 Å². The Balaban J connectivity index is 1.35. The molecule has 11 nitrogen and oxygen atoms in total. The largest absolute Gasteiger partial charge is 0.490 e. The molecule has 1 fully saturated rings. The highest BCUT2D eigenvalue weighted by atomic mass is 32.2. The topological polar surface area (TPSA) is 126 Å². The van der Waals surface area contributed by atoms with Gasteiger partial charge in [-0.1, -0.05) is 19.9 Å². The summed E-state index contributed by atoms with van der Waals surface area (Å²) in [7, 11) is 0.729. The summed E-state index contributed by atoms with van der Waals surface area (Å²) in [5, 5.41) is 4.04. The molecule has 0 atom stereocenters. The highest BCUT2D eigenvalue weighted by Gasteiger charge is 2.59. The molecule has 1 saturated carbocycles. The van der Waals surface area contributed by atoms with Crippen LogP contribution in [0.25, 0.3) is 22.0 Å². The van der Waals surface area contributed by atoms with Gasteiger partial charge in [-0.3, -0.25) is 14.5 Å². The second kappa shape index (κ2) is 12.1. The SMILES string of the molecule is CC(C)NCCOc1ncccc1-c1c(NS(=O)(=O)N(C)C)cccc1OC1CC2(C1)C(=O)N(C)c1cnc3cc(F)ccc3c12. The van der Waals surface area contributed by atoms with E-state index in [1.807, 2.05) is 13.8 Å². The monoisotopic (exact) mass is 648 g/mol. The number of hydrogen-bond donors (Lipinski definition) is 2. The van der Waals surface area contributed by atoms with E-state index < -0.39 is 21.4 Å². The number of nitrogens with zero attached hydrogens (tertiary/aromatic N) is 4. The molecule has 2 aliphatic rings. The zero-order valence-electron chi connectivity index (χ0n) is 26.4. The third-order valence-corrected chi connectivity index (χ3v) is 9.93. The lowest BCUT2D eigenvalue weighted by Gasteiger charge is -2.44. The number of carbonyl (C=O) groups excluding carboxylic acids is 1. The first-order valence-electron chi connectivity index (χ1n) is 15.1. The number of nitrogens with one attached hydrogen (secondary N) is 2. The quantitative estimate of drug-likeness (QED) is 0.228. The van der Waals surface area contributed by atoms with Gasteiger partial charge in [0, 0.05) is 75.3 Å². The minimum absolute atomic E-state index is 0.0633. The van der Waals surface area contributed by atoms with Crippen LogP contribution in [0.2, 0.25) is 0 Å². The van der Waals surface area contributed by atoms with E-state index in [-0.39, 0.29) is 18.1 Å². The van der Waals surface area contributed by atoms with Gasteiger partial charge in [0.15, 0.2) is 0 Å². The summed E-state index contributed by atoms with van der Waals surface area (Å²) in [4.78, 5) is 24.2. The number of amides is 1. The summed E-state index contributed by atoms with van der Waals surface area (Å²) in [5.74, 6) is 0.283. The molecule has 2 aromatic heterocycles. The fourth-order valence-electron chi connectivity index (χ4n) is 6.22. The van der Waals surface area contributed by atoms with Gasteiger partial charge in [-0.25, -0.2) is 9.37 Å². The van der Waals surface area contributed by atoms with Crippen molar-refractivity contribution in [1.29, 1.82) is 0 Å². The van der Waals surface area contributed by atoms with Crippen LogP contribution >= 0.6 is 0 Å². The summed E-state index contributed by atoms with van der Waals surface area (Å²) < 4.78 is 56.4. The summed E-state index contributed by atoms with van der Waals surface area (Å²) in [6, 6.07) is 13.4. The predicted octanol–water partition coefficient (Wildman–Crippen LogP) is 4.49. The Labute approximate surface area is 267 Å². The lowest BCUT2D eigenvalue weighted by molar-refractivity contribution is -0.129. The van der Waals surface area contributed by atoms with Crippen LogP contribution in [0.3, 0.4) is 0 Å². The van der Waals surface area contributed by atoms with Crippen molar-refractivity contribution < 1.29 is 27.1 Å². The second-order valence-electron chi connectivity index (χ2n) is 12.2. The minimum Gasteiger partial charge on any atom is -0.490 e. The number of pyridine rings is 2. The number of likely N-dealkylation sites (N-methyl/N-ethyl adjacent to an activating group) is 1. The third kappa shape index (κ3) is 5.63. The van der Waals surface area contributed by atoms with Crippen molar-refractivity contribution in [3.05, 3.63) is 72.3 Å². The molecule has 1 aliphatic carbocycles. The van der Waals surface area contributed by atoms with Crippen molar-refractivity contribution in [3.63, 3.8) is 0 Å². The maximum Gasteiger partial charge on any atom is 0.301 e. The van der Waals surface area contributed by atoms with E-state index in [4.69, 9.17) is 9.47 Å². The molecule has 4 aromatic rings. The van der Waals surface area contributed by atoms with Gasteiger partial charge in [0.2, 0.25) is 11.8 Å². The van der Waals surface area contributed by atoms with Crippen LogP contribution in [0.1, 0.15) is 32.3 Å². The highest BCUT2D eigenvalue weighted by Crippen LogP contribution is 2.56. The van der Waals surface area contributed by atoms with Crippen LogP contribution in [0.5, 0.6) is 11.6 Å². The molecule has 1 aliphatic heterocycles. The molecule has 46 heavy (non-hydrogen) atoms. The van der Waals surface area contributed by atoms with Gasteiger partial charge < -0.3 is 19.7 Å². The van der Waals surface area contributed by atoms with Crippen LogP contribution in [-0.2, 0) is 20.4 Å². The Hall–Kier alpha value is -4.33. The van der Waals surface area contributed by atoms with Crippen LogP contribution in [-0.4, -0.2) is 75.0 Å². The molecule has 2 N–H and O–H groups in total. The van der Waals surface area contributed by atoms with E-state index >= 15 is 0 Å². The predicted molar refractivity (Wildman–Crippen MR) is 175 cm³/mol. The number of rotatable bonds is 11. The number of carbonyl (C=O) groups is 1. The maximum atomic E-state index is 14.0. The first-order chi connectivity index (χ1) is 21.9. The fourth-order valence-corrected chi connectivity index (χ4v) is 6.85. The van der Waals surface area contributed by atoms with Gasteiger partial charge in [-0.05, 0) is 36.4 Å². The standard InChI is InChI=1S/C33H37FN6O5S/c1-20(2)35-14-15-44-31-24(8-7-13-36-31)29-25(38-46(42,43)39(3)4)9-6-10-28(29)45-22-17-33(18-22)30-23-12-11-21(34)16-26(23)37-19-27(30)40(5)32(33)41/h6-13,16,19-20,22,35,38H,14-15,17-18H2,1-5H3. The van der Waals surface area contributed by atoms with E-state index in [1.165, 1.54) is 26.2 Å². The first-order valence-corrected chi connectivity index (χ1v) is 16.5. The number of ether oxygens (including phenoxy) is 2. The van der Waals surface area contributed by atoms with E-state index in [2.05, 4.69) is 20.0 Å². The maximum absolute atomic E-state index is 14.0. The molecule has 0 bridgehead atoms. The molecule has 242 valence electrons. The van der Waals surface area contributed by atoms with Crippen molar-refractivity contribution >= 4 is 38.4 Å². The van der Waals surface area contributed by atoms with E-state index in [1.54, 1.807) is 60.7 Å². The van der Waals surface area contributed by atoms with E-state index in [0.717, 1.165) is 15.3 Å². The Morgan fingerprint density at radius 3 is 2.65 bits per heavy atom. The van der Waals surface area contributed by atoms with Crippen LogP contribution in [0, 0.1) is 5.82 Å². The molecule has 6 rings (SSSR count). The number of aromatic nitrogens is 2. The summed E-state index contributed by atoms with van der Waals surface area (Å²) in [6.45, 7) is 5.03. The van der Waals surface area contributed by atoms with Crippen LogP contribution in [0.4, 0.5) is 15.8 Å². The third-order valence-electron chi connectivity index (χ3n) is 8.49. The lowest BCUT2D eigenvalue weighted by Crippen LogP contribution is -2.53.